The number of hydrogen-bond donors (Lipinski definition) is 3. The molecule has 0 saturated carbocycles. The van der Waals surface area contributed by atoms with E-state index in [2.05, 4.69) is 141 Å². The zero-order chi connectivity index (χ0) is 46.3. The topological polar surface area (TPSA) is 69.6 Å². The Bertz CT molecular complexity index is 1320. The van der Waals surface area contributed by atoms with E-state index < -0.39 is 12.1 Å². The lowest BCUT2D eigenvalue weighted by Crippen LogP contribution is -2.45. The third-order valence-electron chi connectivity index (χ3n) is 11.1. The third kappa shape index (κ3) is 49.5. The van der Waals surface area contributed by atoms with Crippen LogP contribution in [-0.2, 0) is 4.79 Å². The largest absolute Gasteiger partial charge is 0.394 e. The maximum atomic E-state index is 12.4. The van der Waals surface area contributed by atoms with Crippen LogP contribution in [-0.4, -0.2) is 34.9 Å². The summed E-state index contributed by atoms with van der Waals surface area (Å²) in [5, 5.41) is 22.9. The molecule has 0 aliphatic carbocycles. The standard InChI is InChI=1S/C60H99NO3/c1-3-5-7-9-11-13-15-16-17-18-19-20-21-22-23-24-25-26-27-28-29-30-31-32-33-34-35-36-37-38-39-40-41-42-43-44-46-48-50-52-54-56-60(64)61-58(57-62)59(63)55-53-51-49-47-45-14-12-10-8-6-4-2/h5,7-8,10-11,13,16-17,19-20,22-23,25-26,28-29,31-32,45,47,53,55,58-59,62-63H,3-4,6,9,12,14-15,18,21,24,27,30,33-44,46,48-52,54,56-57H2,1-2H3,(H,61,64)/b7-5-,10-8+,13-11-,17-16-,20-19-,23-22-,26-25-,29-28-,32-31-,47-45+,55-53+. The summed E-state index contributed by atoms with van der Waals surface area (Å²) in [7, 11) is 0. The second kappa shape index (κ2) is 53.9. The fraction of sp³-hybridized carbons (Fsp3) is 0.617. The van der Waals surface area contributed by atoms with Crippen molar-refractivity contribution in [3.8, 4) is 0 Å². The summed E-state index contributed by atoms with van der Waals surface area (Å²) in [5.41, 5.74) is 0. The van der Waals surface area contributed by atoms with E-state index in [4.69, 9.17) is 0 Å². The van der Waals surface area contributed by atoms with Crippen molar-refractivity contribution >= 4 is 5.91 Å². The summed E-state index contributed by atoms with van der Waals surface area (Å²) in [5.74, 6) is -0.0846. The lowest BCUT2D eigenvalue weighted by molar-refractivity contribution is -0.123. The second-order valence-corrected chi connectivity index (χ2v) is 17.2. The number of aliphatic hydroxyl groups excluding tert-OH is 2. The van der Waals surface area contributed by atoms with Gasteiger partial charge in [0.25, 0.3) is 0 Å². The lowest BCUT2D eigenvalue weighted by atomic mass is 10.0. The van der Waals surface area contributed by atoms with Gasteiger partial charge in [0.15, 0.2) is 0 Å². The number of amides is 1. The van der Waals surface area contributed by atoms with Crippen LogP contribution < -0.4 is 5.32 Å². The third-order valence-corrected chi connectivity index (χ3v) is 11.1. The molecule has 0 spiro atoms. The van der Waals surface area contributed by atoms with Crippen LogP contribution in [0.25, 0.3) is 0 Å². The molecule has 0 aromatic rings. The van der Waals surface area contributed by atoms with Gasteiger partial charge in [-0.15, -0.1) is 0 Å². The van der Waals surface area contributed by atoms with Crippen molar-refractivity contribution in [2.45, 2.75) is 231 Å². The summed E-state index contributed by atoms with van der Waals surface area (Å²) < 4.78 is 0. The fourth-order valence-electron chi connectivity index (χ4n) is 7.11. The first-order valence-corrected chi connectivity index (χ1v) is 26.4. The molecule has 2 atom stereocenters. The molecule has 0 heterocycles. The van der Waals surface area contributed by atoms with Gasteiger partial charge in [0, 0.05) is 6.42 Å². The molecule has 0 aliphatic rings. The Kier molecular flexibility index (Phi) is 50.9. The molecule has 0 aromatic carbocycles. The number of rotatable bonds is 46. The number of unbranched alkanes of at least 4 members (excludes halogenated alkanes) is 19. The predicted molar refractivity (Wildman–Crippen MR) is 285 cm³/mol. The zero-order valence-electron chi connectivity index (χ0n) is 41.5. The molecule has 0 aliphatic heterocycles. The number of aliphatic hydroxyl groups is 2. The molecule has 1 amide bonds. The predicted octanol–water partition coefficient (Wildman–Crippen LogP) is 17.5. The molecular formula is C60H99NO3. The Morgan fingerprint density at radius 3 is 1.08 bits per heavy atom. The van der Waals surface area contributed by atoms with Crippen LogP contribution in [0.3, 0.4) is 0 Å². The zero-order valence-corrected chi connectivity index (χ0v) is 41.5. The molecule has 362 valence electrons. The maximum absolute atomic E-state index is 12.4. The SMILES string of the molecule is CC/C=C\C/C=C\C/C=C\C/C=C\C/C=C\C/C=C\C/C=C\C/C=C\CCCCCCCCCCCCCCCCCCC(=O)NC(CO)C(O)/C=C/CC/C=C/CC/C=C/CCC. The smallest absolute Gasteiger partial charge is 0.220 e. The van der Waals surface area contributed by atoms with Crippen molar-refractivity contribution in [3.05, 3.63) is 134 Å². The Morgan fingerprint density at radius 1 is 0.391 bits per heavy atom. The number of nitrogens with one attached hydrogen (secondary N) is 1. The van der Waals surface area contributed by atoms with Crippen molar-refractivity contribution in [3.63, 3.8) is 0 Å². The minimum atomic E-state index is -0.874. The Hall–Kier alpha value is -3.47. The van der Waals surface area contributed by atoms with Crippen LogP contribution in [0.15, 0.2) is 134 Å². The Balaban J connectivity index is 3.54. The van der Waals surface area contributed by atoms with Gasteiger partial charge in [0.2, 0.25) is 5.91 Å². The second-order valence-electron chi connectivity index (χ2n) is 17.2. The van der Waals surface area contributed by atoms with Gasteiger partial charge in [-0.25, -0.2) is 0 Å². The van der Waals surface area contributed by atoms with Gasteiger partial charge in [-0.3, -0.25) is 4.79 Å². The minimum Gasteiger partial charge on any atom is -0.394 e. The highest BCUT2D eigenvalue weighted by atomic mass is 16.3. The van der Waals surface area contributed by atoms with Gasteiger partial charge < -0.3 is 15.5 Å². The minimum absolute atomic E-state index is 0.0846. The Labute approximate surface area is 396 Å². The van der Waals surface area contributed by atoms with E-state index in [-0.39, 0.29) is 12.5 Å². The first-order valence-electron chi connectivity index (χ1n) is 26.4. The molecule has 0 bridgehead atoms. The van der Waals surface area contributed by atoms with E-state index in [1.54, 1.807) is 6.08 Å². The molecule has 4 nitrogen and oxygen atoms in total. The van der Waals surface area contributed by atoms with Gasteiger partial charge in [-0.1, -0.05) is 244 Å². The van der Waals surface area contributed by atoms with E-state index in [1.165, 1.54) is 103 Å². The molecule has 3 N–H and O–H groups in total. The lowest BCUT2D eigenvalue weighted by Gasteiger charge is -2.19. The van der Waals surface area contributed by atoms with Gasteiger partial charge in [0.05, 0.1) is 18.8 Å². The molecular weight excluding hydrogens is 783 g/mol. The van der Waals surface area contributed by atoms with Gasteiger partial charge >= 0.3 is 0 Å². The van der Waals surface area contributed by atoms with Gasteiger partial charge in [0.1, 0.15) is 0 Å². The summed E-state index contributed by atoms with van der Waals surface area (Å²) in [6, 6.07) is -0.650. The van der Waals surface area contributed by atoms with E-state index in [0.717, 1.165) is 96.3 Å². The number of carbonyl (C=O) groups excluding carboxylic acids is 1. The quantitative estimate of drug-likeness (QED) is 0.0421. The van der Waals surface area contributed by atoms with Gasteiger partial charge in [-0.2, -0.15) is 0 Å². The molecule has 64 heavy (non-hydrogen) atoms. The van der Waals surface area contributed by atoms with Crippen molar-refractivity contribution in [2.24, 2.45) is 0 Å². The van der Waals surface area contributed by atoms with Crippen molar-refractivity contribution in [2.75, 3.05) is 6.61 Å². The molecule has 0 saturated heterocycles. The average molecular weight is 882 g/mol. The van der Waals surface area contributed by atoms with E-state index >= 15 is 0 Å². The highest BCUT2D eigenvalue weighted by Gasteiger charge is 2.17. The van der Waals surface area contributed by atoms with Crippen LogP contribution in [0.1, 0.15) is 219 Å². The molecule has 0 fully saturated rings. The van der Waals surface area contributed by atoms with Crippen molar-refractivity contribution in [1.82, 2.24) is 5.32 Å². The monoisotopic (exact) mass is 882 g/mol. The van der Waals surface area contributed by atoms with Crippen LogP contribution in [0.5, 0.6) is 0 Å². The Morgan fingerprint density at radius 2 is 0.703 bits per heavy atom. The highest BCUT2D eigenvalue weighted by Crippen LogP contribution is 2.15. The molecule has 0 radical (unpaired) electrons. The van der Waals surface area contributed by atoms with E-state index in [9.17, 15) is 15.0 Å². The van der Waals surface area contributed by atoms with Crippen molar-refractivity contribution in [1.29, 1.82) is 0 Å². The number of hydrogen-bond acceptors (Lipinski definition) is 3. The van der Waals surface area contributed by atoms with Crippen LogP contribution in [0, 0.1) is 0 Å². The van der Waals surface area contributed by atoms with Gasteiger partial charge in [-0.05, 0) is 103 Å². The number of allylic oxidation sites excluding steroid dienone is 21. The first kappa shape index (κ1) is 60.5. The summed E-state index contributed by atoms with van der Waals surface area (Å²) >= 11 is 0. The van der Waals surface area contributed by atoms with Crippen LogP contribution in [0.4, 0.5) is 0 Å². The summed E-state index contributed by atoms with van der Waals surface area (Å²) in [6.07, 6.45) is 84.7. The van der Waals surface area contributed by atoms with Crippen LogP contribution in [0.2, 0.25) is 0 Å². The molecule has 0 rings (SSSR count). The average Bonchev–Trinajstić information content (AvgIpc) is 3.30. The fourth-order valence-corrected chi connectivity index (χ4v) is 7.11. The molecule has 4 heteroatoms. The van der Waals surface area contributed by atoms with Crippen molar-refractivity contribution < 1.29 is 15.0 Å². The summed E-state index contributed by atoms with van der Waals surface area (Å²) in [4.78, 5) is 12.4. The molecule has 2 unspecified atom stereocenters. The van der Waals surface area contributed by atoms with Crippen LogP contribution >= 0.6 is 0 Å². The first-order chi connectivity index (χ1) is 31.7. The number of carbonyl (C=O) groups is 1. The normalized spacial score (nSPS) is 14.0. The van der Waals surface area contributed by atoms with E-state index in [1.807, 2.05) is 6.08 Å². The molecule has 0 aromatic heterocycles. The highest BCUT2D eigenvalue weighted by molar-refractivity contribution is 5.76. The maximum Gasteiger partial charge on any atom is 0.220 e. The summed E-state index contributed by atoms with van der Waals surface area (Å²) in [6.45, 7) is 4.09. The van der Waals surface area contributed by atoms with E-state index in [0.29, 0.717) is 6.42 Å².